The van der Waals surface area contributed by atoms with Crippen LogP contribution < -0.4 is 0 Å². The molecule has 0 aliphatic rings. The number of hydrogen-bond acceptors (Lipinski definition) is 1. The summed E-state index contributed by atoms with van der Waals surface area (Å²) in [5, 5.41) is 0.960. The zero-order valence-electron chi connectivity index (χ0n) is 10.9. The molecule has 0 radical (unpaired) electrons. The highest BCUT2D eigenvalue weighted by molar-refractivity contribution is 6.42. The maximum absolute atomic E-state index is 10.5. The van der Waals surface area contributed by atoms with Crippen molar-refractivity contribution in [3.63, 3.8) is 0 Å². The highest BCUT2D eigenvalue weighted by atomic mass is 35.5. The van der Waals surface area contributed by atoms with E-state index in [0.29, 0.717) is 15.6 Å². The lowest BCUT2D eigenvalue weighted by molar-refractivity contribution is 0.112. The molecule has 0 atom stereocenters. The summed E-state index contributed by atoms with van der Waals surface area (Å²) in [4.78, 5) is 10.5. The Hall–Kier alpha value is -0.970. The van der Waals surface area contributed by atoms with E-state index in [0.717, 1.165) is 17.4 Å². The van der Waals surface area contributed by atoms with Crippen LogP contribution in [0, 0.1) is 26.2 Å². The molecule has 3 heteroatoms. The number of aldehydes is 1. The number of rotatable bonds is 1. The van der Waals surface area contributed by atoms with Crippen LogP contribution >= 0.6 is 23.2 Å². The first-order valence-electron chi connectivity index (χ1n) is 5.27. The lowest BCUT2D eigenvalue weighted by Crippen LogP contribution is -1.91. The molecule has 0 aliphatic heterocycles. The van der Waals surface area contributed by atoms with Gasteiger partial charge in [-0.2, -0.15) is 0 Å². The van der Waals surface area contributed by atoms with E-state index in [-0.39, 0.29) is 0 Å². The average Bonchev–Trinajstić information content (AvgIpc) is 2.34. The smallest absolute Gasteiger partial charge is 0.150 e. The summed E-state index contributed by atoms with van der Waals surface area (Å²) in [6, 6.07) is 1.58. The van der Waals surface area contributed by atoms with Crippen molar-refractivity contribution >= 4 is 29.5 Å². The summed E-state index contributed by atoms with van der Waals surface area (Å²) in [7, 11) is 0. The molecule has 0 saturated heterocycles. The van der Waals surface area contributed by atoms with Crippen molar-refractivity contribution in [2.45, 2.75) is 34.6 Å². The first-order chi connectivity index (χ1) is 7.99. The molecule has 0 amide bonds. The topological polar surface area (TPSA) is 17.1 Å². The Labute approximate surface area is 114 Å². The van der Waals surface area contributed by atoms with E-state index < -0.39 is 0 Å². The highest BCUT2D eigenvalue weighted by Crippen LogP contribution is 2.29. The van der Waals surface area contributed by atoms with Gasteiger partial charge in [-0.25, -0.2) is 0 Å². The van der Waals surface area contributed by atoms with Crippen molar-refractivity contribution < 1.29 is 4.79 Å². The van der Waals surface area contributed by atoms with Gasteiger partial charge in [0.25, 0.3) is 0 Å². The van der Waals surface area contributed by atoms with E-state index in [9.17, 15) is 4.79 Å². The minimum Gasteiger partial charge on any atom is -0.298 e. The van der Waals surface area contributed by atoms with Gasteiger partial charge in [0, 0.05) is 5.56 Å². The molecule has 1 nitrogen and oxygen atoms in total. The lowest BCUT2D eigenvalue weighted by atomic mass is 10.0. The molecule has 0 aliphatic carbocycles. The minimum atomic E-state index is 0.432. The molecule has 0 heterocycles. The Morgan fingerprint density at radius 1 is 1.24 bits per heavy atom. The van der Waals surface area contributed by atoms with E-state index in [2.05, 4.69) is 12.3 Å². The van der Waals surface area contributed by atoms with Gasteiger partial charge in [-0.1, -0.05) is 37.0 Å². The van der Waals surface area contributed by atoms with E-state index in [4.69, 9.17) is 23.2 Å². The van der Waals surface area contributed by atoms with Crippen LogP contribution in [0.1, 0.15) is 42.3 Å². The number of halogens is 2. The van der Waals surface area contributed by atoms with Crippen molar-refractivity contribution in [2.24, 2.45) is 0 Å². The molecule has 0 saturated carbocycles. The minimum absolute atomic E-state index is 0.432. The van der Waals surface area contributed by atoms with E-state index in [1.807, 2.05) is 27.7 Å². The van der Waals surface area contributed by atoms with Crippen LogP contribution in [0.25, 0.3) is 0 Å². The summed E-state index contributed by atoms with van der Waals surface area (Å²) < 4.78 is 0. The van der Waals surface area contributed by atoms with Gasteiger partial charge in [0.15, 0.2) is 0 Å². The summed E-state index contributed by atoms with van der Waals surface area (Å²) in [6.45, 7) is 9.35. The monoisotopic (exact) mass is 272 g/mol. The number of benzene rings is 1. The Bertz CT molecular complexity index is 404. The first kappa shape index (κ1) is 18.4. The van der Waals surface area contributed by atoms with Crippen molar-refractivity contribution in [1.29, 1.82) is 0 Å². The summed E-state index contributed by atoms with van der Waals surface area (Å²) in [5.41, 5.74) is 2.35. The Morgan fingerprint density at radius 2 is 1.65 bits per heavy atom. The number of carbonyl (C=O) groups is 1. The second-order valence-electron chi connectivity index (χ2n) is 2.92. The molecule has 0 aromatic heterocycles. The van der Waals surface area contributed by atoms with Crippen LogP contribution in [0.2, 0.25) is 10.0 Å². The third-order valence-electron chi connectivity index (χ3n) is 1.94. The normalized spacial score (nSPS) is 7.88. The van der Waals surface area contributed by atoms with Gasteiger partial charge >= 0.3 is 0 Å². The molecular formula is C14H18Cl2O. The first-order valence-corrected chi connectivity index (χ1v) is 6.02. The van der Waals surface area contributed by atoms with Crippen molar-refractivity contribution in [2.75, 3.05) is 0 Å². The lowest BCUT2D eigenvalue weighted by Gasteiger charge is -2.06. The molecule has 17 heavy (non-hydrogen) atoms. The summed E-state index contributed by atoms with van der Waals surface area (Å²) >= 11 is 11.6. The Balaban J connectivity index is 0. The molecular weight excluding hydrogens is 255 g/mol. The predicted octanol–water partition coefficient (Wildman–Crippen LogP) is 5.09. The van der Waals surface area contributed by atoms with Gasteiger partial charge in [0.2, 0.25) is 0 Å². The highest BCUT2D eigenvalue weighted by Gasteiger charge is 2.08. The third kappa shape index (κ3) is 5.77. The molecule has 0 fully saturated rings. The van der Waals surface area contributed by atoms with E-state index in [1.54, 1.807) is 13.0 Å². The van der Waals surface area contributed by atoms with E-state index in [1.165, 1.54) is 0 Å². The maximum atomic E-state index is 10.5. The van der Waals surface area contributed by atoms with Gasteiger partial charge in [-0.05, 0) is 38.0 Å². The van der Waals surface area contributed by atoms with Gasteiger partial charge < -0.3 is 0 Å². The SMILES string of the molecule is C#CC.CC.Cc1c(C=O)cc(Cl)c(Cl)c1C. The zero-order chi connectivity index (χ0) is 14.0. The van der Waals surface area contributed by atoms with Crippen LogP contribution in [0.15, 0.2) is 6.07 Å². The molecule has 1 aromatic rings. The Kier molecular flexibility index (Phi) is 11.0. The van der Waals surface area contributed by atoms with Gasteiger partial charge in [0.05, 0.1) is 10.0 Å². The number of terminal acetylenes is 1. The zero-order valence-corrected chi connectivity index (χ0v) is 12.4. The van der Waals surface area contributed by atoms with Crippen LogP contribution in [-0.2, 0) is 0 Å². The average molecular weight is 273 g/mol. The van der Waals surface area contributed by atoms with Crippen molar-refractivity contribution in [3.05, 3.63) is 32.8 Å². The fourth-order valence-corrected chi connectivity index (χ4v) is 1.45. The van der Waals surface area contributed by atoms with Crippen LogP contribution in [0.5, 0.6) is 0 Å². The molecule has 0 bridgehead atoms. The summed E-state index contributed by atoms with van der Waals surface area (Å²) in [5.74, 6) is 2.25. The van der Waals surface area contributed by atoms with Crippen LogP contribution in [-0.4, -0.2) is 6.29 Å². The second-order valence-corrected chi connectivity index (χ2v) is 3.70. The Morgan fingerprint density at radius 3 is 2.00 bits per heavy atom. The fourth-order valence-electron chi connectivity index (χ4n) is 0.991. The molecule has 1 rings (SSSR count). The predicted molar refractivity (Wildman–Crippen MR) is 77.2 cm³/mol. The van der Waals surface area contributed by atoms with Gasteiger partial charge in [-0.15, -0.1) is 12.3 Å². The molecule has 0 spiro atoms. The van der Waals surface area contributed by atoms with Gasteiger partial charge in [-0.3, -0.25) is 4.79 Å². The molecule has 0 unspecified atom stereocenters. The number of carbonyl (C=O) groups excluding carboxylic acids is 1. The molecule has 94 valence electrons. The van der Waals surface area contributed by atoms with Crippen LogP contribution in [0.4, 0.5) is 0 Å². The third-order valence-corrected chi connectivity index (χ3v) is 2.83. The quantitative estimate of drug-likeness (QED) is 0.514. The van der Waals surface area contributed by atoms with E-state index >= 15 is 0 Å². The summed E-state index contributed by atoms with van der Waals surface area (Å²) in [6.07, 6.45) is 5.38. The van der Waals surface area contributed by atoms with Crippen molar-refractivity contribution in [3.8, 4) is 12.3 Å². The fraction of sp³-hybridized carbons (Fsp3) is 0.357. The largest absolute Gasteiger partial charge is 0.298 e. The number of hydrogen-bond donors (Lipinski definition) is 0. The molecule has 1 aromatic carbocycles. The van der Waals surface area contributed by atoms with Gasteiger partial charge in [0.1, 0.15) is 6.29 Å². The standard InChI is InChI=1S/C9H8Cl2O.C3H4.C2H6/c1-5-6(2)9(11)8(10)3-7(5)4-12;1-3-2;1-2/h3-4H,1-2H3;1H,2H3;1-2H3. The van der Waals surface area contributed by atoms with Crippen LogP contribution in [0.3, 0.4) is 0 Å². The molecule has 0 N–H and O–H groups in total. The second kappa shape index (κ2) is 10.2. The van der Waals surface area contributed by atoms with Crippen molar-refractivity contribution in [1.82, 2.24) is 0 Å². The maximum Gasteiger partial charge on any atom is 0.150 e.